The molecule has 0 saturated carbocycles. The molecule has 0 aliphatic heterocycles. The van der Waals surface area contributed by atoms with Crippen LogP contribution in [0.2, 0.25) is 10.0 Å². The number of aliphatic hydroxyl groups excluding tert-OH is 1. The molecule has 5 nitrogen and oxygen atoms in total. The molecule has 0 bridgehead atoms. The van der Waals surface area contributed by atoms with Crippen molar-refractivity contribution in [1.29, 1.82) is 0 Å². The first-order valence-corrected chi connectivity index (χ1v) is 10.9. The van der Waals surface area contributed by atoms with Crippen molar-refractivity contribution in [2.75, 3.05) is 0 Å². The third-order valence-corrected chi connectivity index (χ3v) is 6.23. The summed E-state index contributed by atoms with van der Waals surface area (Å²) in [6.45, 7) is 0. The smallest absolute Gasteiger partial charge is 0.272 e. The maximum absolute atomic E-state index is 13.2. The molecular weight excluding hydrogens is 445 g/mol. The molecule has 2 atom stereocenters. The first-order chi connectivity index (χ1) is 15.5. The molecule has 5 rings (SSSR count). The Kier molecular flexibility index (Phi) is 5.47. The minimum Gasteiger partial charge on any atom is -0.390 e. The van der Waals surface area contributed by atoms with E-state index in [0.717, 1.165) is 16.8 Å². The van der Waals surface area contributed by atoms with Gasteiger partial charge in [-0.2, -0.15) is 0 Å². The van der Waals surface area contributed by atoms with E-state index in [1.54, 1.807) is 24.4 Å². The summed E-state index contributed by atoms with van der Waals surface area (Å²) in [4.78, 5) is 17.8. The Hall–Kier alpha value is -3.12. The molecular formula is C25H19Cl2N3O2. The fourth-order valence-corrected chi connectivity index (χ4v) is 4.43. The van der Waals surface area contributed by atoms with Crippen molar-refractivity contribution in [1.82, 2.24) is 14.9 Å². The maximum Gasteiger partial charge on any atom is 0.272 e. The van der Waals surface area contributed by atoms with Crippen LogP contribution in [0.5, 0.6) is 0 Å². The number of amides is 1. The maximum atomic E-state index is 13.2. The zero-order valence-electron chi connectivity index (χ0n) is 16.9. The number of carbonyl (C=O) groups is 1. The van der Waals surface area contributed by atoms with Gasteiger partial charge >= 0.3 is 0 Å². The lowest BCUT2D eigenvalue weighted by molar-refractivity contribution is 0.0854. The highest BCUT2D eigenvalue weighted by molar-refractivity contribution is 6.33. The van der Waals surface area contributed by atoms with E-state index in [4.69, 9.17) is 23.2 Å². The van der Waals surface area contributed by atoms with Gasteiger partial charge in [-0.25, -0.2) is 4.98 Å². The third-order valence-electron chi connectivity index (χ3n) is 5.65. The van der Waals surface area contributed by atoms with Crippen LogP contribution in [0.4, 0.5) is 0 Å². The Bertz CT molecular complexity index is 1300. The number of aliphatic hydroxyl groups is 1. The van der Waals surface area contributed by atoms with Gasteiger partial charge in [0.1, 0.15) is 11.5 Å². The number of aromatic nitrogens is 2. The minimum absolute atomic E-state index is 0.228. The second-order valence-electron chi connectivity index (χ2n) is 7.70. The monoisotopic (exact) mass is 463 g/mol. The highest BCUT2D eigenvalue weighted by atomic mass is 35.5. The van der Waals surface area contributed by atoms with Gasteiger partial charge in [-0.1, -0.05) is 59.6 Å². The molecule has 1 aromatic heterocycles. The number of fused-ring (bicyclic) bond motifs is 1. The lowest BCUT2D eigenvalue weighted by atomic mass is 10.1. The quantitative estimate of drug-likeness (QED) is 0.435. The Morgan fingerprint density at radius 3 is 2.50 bits per heavy atom. The molecule has 0 saturated heterocycles. The number of hydrogen-bond donors (Lipinski definition) is 2. The van der Waals surface area contributed by atoms with Crippen LogP contribution in [0.15, 0.2) is 79.0 Å². The molecule has 2 N–H and O–H groups in total. The zero-order chi connectivity index (χ0) is 22.2. The van der Waals surface area contributed by atoms with Crippen LogP contribution in [-0.2, 0) is 6.42 Å². The van der Waals surface area contributed by atoms with Crippen molar-refractivity contribution >= 4 is 29.1 Å². The summed E-state index contributed by atoms with van der Waals surface area (Å²) in [6, 6.07) is 21.8. The first kappa shape index (κ1) is 20.8. The predicted octanol–water partition coefficient (Wildman–Crippen LogP) is 5.23. The molecule has 0 fully saturated rings. The summed E-state index contributed by atoms with van der Waals surface area (Å²) in [5.41, 5.74) is 3.69. The number of carbonyl (C=O) groups excluding carboxylic acids is 1. The van der Waals surface area contributed by atoms with E-state index < -0.39 is 12.1 Å². The Morgan fingerprint density at radius 1 is 1.00 bits per heavy atom. The van der Waals surface area contributed by atoms with Gasteiger partial charge in [-0.05, 0) is 47.5 Å². The average molecular weight is 464 g/mol. The van der Waals surface area contributed by atoms with Crippen LogP contribution in [0.1, 0.15) is 27.7 Å². The molecule has 7 heteroatoms. The number of nitrogens with one attached hydrogen (secondary N) is 1. The summed E-state index contributed by atoms with van der Waals surface area (Å²) < 4.78 is 1.81. The van der Waals surface area contributed by atoms with E-state index in [1.165, 1.54) is 0 Å². The Morgan fingerprint density at radius 2 is 1.72 bits per heavy atom. The molecule has 0 spiro atoms. The lowest BCUT2D eigenvalue weighted by Gasteiger charge is -2.17. The van der Waals surface area contributed by atoms with Crippen LogP contribution in [-0.4, -0.2) is 26.7 Å². The van der Waals surface area contributed by atoms with Gasteiger partial charge < -0.3 is 10.4 Å². The van der Waals surface area contributed by atoms with Gasteiger partial charge in [0, 0.05) is 28.9 Å². The van der Waals surface area contributed by atoms with E-state index in [2.05, 4.69) is 10.3 Å². The van der Waals surface area contributed by atoms with E-state index in [1.807, 2.05) is 59.2 Å². The molecule has 0 radical (unpaired) electrons. The molecule has 1 amide bonds. The standard InChI is InChI=1S/C25H19Cl2N3O2/c26-16-9-11-17(12-10-16)30-14-21(28-24(30)19-7-3-4-8-20(19)27)25(32)29-23-18-6-2-1-5-15(18)13-22(23)31/h1-12,14,22-23,31H,13H2,(H,29,32)/t22-,23+/m1/s1. The van der Waals surface area contributed by atoms with Gasteiger partial charge in [0.25, 0.3) is 5.91 Å². The lowest BCUT2D eigenvalue weighted by Crippen LogP contribution is -2.34. The van der Waals surface area contributed by atoms with Gasteiger partial charge in [0.15, 0.2) is 0 Å². The molecule has 32 heavy (non-hydrogen) atoms. The third kappa shape index (κ3) is 3.79. The fraction of sp³-hybridized carbons (Fsp3) is 0.120. The molecule has 160 valence electrons. The second-order valence-corrected chi connectivity index (χ2v) is 8.54. The zero-order valence-corrected chi connectivity index (χ0v) is 18.4. The molecule has 1 aliphatic rings. The van der Waals surface area contributed by atoms with Crippen molar-refractivity contribution < 1.29 is 9.90 Å². The van der Waals surface area contributed by atoms with Crippen LogP contribution >= 0.6 is 23.2 Å². The number of hydrogen-bond acceptors (Lipinski definition) is 3. The van der Waals surface area contributed by atoms with Crippen LogP contribution in [0.25, 0.3) is 17.1 Å². The molecule has 3 aromatic carbocycles. The van der Waals surface area contributed by atoms with Crippen molar-refractivity contribution in [2.24, 2.45) is 0 Å². The van der Waals surface area contributed by atoms with Gasteiger partial charge in [0.05, 0.1) is 17.2 Å². The highest BCUT2D eigenvalue weighted by Crippen LogP contribution is 2.33. The second kappa shape index (κ2) is 8.43. The van der Waals surface area contributed by atoms with Crippen LogP contribution in [0.3, 0.4) is 0 Å². The fourth-order valence-electron chi connectivity index (χ4n) is 4.08. The SMILES string of the molecule is O=C(N[C@H]1c2ccccc2C[C@H]1O)c1cn(-c2ccc(Cl)cc2)c(-c2ccccc2Cl)n1. The van der Waals surface area contributed by atoms with Crippen molar-refractivity contribution in [3.05, 3.63) is 106 Å². The van der Waals surface area contributed by atoms with Crippen molar-refractivity contribution in [2.45, 2.75) is 18.6 Å². The summed E-state index contributed by atoms with van der Waals surface area (Å²) in [5.74, 6) is 0.169. The van der Waals surface area contributed by atoms with Gasteiger partial charge in [-0.3, -0.25) is 9.36 Å². The average Bonchev–Trinajstić information content (AvgIpc) is 3.36. The molecule has 1 heterocycles. The number of benzene rings is 3. The largest absolute Gasteiger partial charge is 0.390 e. The van der Waals surface area contributed by atoms with Crippen molar-refractivity contribution in [3.63, 3.8) is 0 Å². The van der Waals surface area contributed by atoms with E-state index in [0.29, 0.717) is 27.9 Å². The summed E-state index contributed by atoms with van der Waals surface area (Å²) in [7, 11) is 0. The first-order valence-electron chi connectivity index (χ1n) is 10.2. The minimum atomic E-state index is -0.683. The van der Waals surface area contributed by atoms with Gasteiger partial charge in [0.2, 0.25) is 0 Å². The molecule has 4 aromatic rings. The van der Waals surface area contributed by atoms with E-state index >= 15 is 0 Å². The summed E-state index contributed by atoms with van der Waals surface area (Å²) in [6.07, 6.45) is 1.49. The van der Waals surface area contributed by atoms with Crippen LogP contribution < -0.4 is 5.32 Å². The number of imidazole rings is 1. The summed E-state index contributed by atoms with van der Waals surface area (Å²) in [5, 5.41) is 14.6. The molecule has 0 unspecified atom stereocenters. The summed E-state index contributed by atoms with van der Waals surface area (Å²) >= 11 is 12.5. The molecule has 1 aliphatic carbocycles. The topological polar surface area (TPSA) is 67.2 Å². The van der Waals surface area contributed by atoms with E-state index in [9.17, 15) is 9.90 Å². The Balaban J connectivity index is 1.53. The van der Waals surface area contributed by atoms with Crippen LogP contribution in [0, 0.1) is 0 Å². The number of rotatable bonds is 4. The van der Waals surface area contributed by atoms with E-state index in [-0.39, 0.29) is 11.6 Å². The Labute approximate surface area is 195 Å². The highest BCUT2D eigenvalue weighted by Gasteiger charge is 2.32. The number of halogens is 2. The predicted molar refractivity (Wildman–Crippen MR) is 125 cm³/mol. The van der Waals surface area contributed by atoms with Gasteiger partial charge in [-0.15, -0.1) is 0 Å². The van der Waals surface area contributed by atoms with Crippen molar-refractivity contribution in [3.8, 4) is 17.1 Å². The number of nitrogens with zero attached hydrogens (tertiary/aromatic N) is 2. The normalized spacial score (nSPS) is 17.2.